The van der Waals surface area contributed by atoms with E-state index in [9.17, 15) is 9.18 Å². The molecule has 122 valence electrons. The van der Waals surface area contributed by atoms with Crippen molar-refractivity contribution < 1.29 is 9.18 Å². The number of carbonyl (C=O) groups excluding carboxylic acids is 1. The number of aromatic nitrogens is 1. The van der Waals surface area contributed by atoms with Crippen LogP contribution in [0, 0.1) is 17.1 Å². The normalized spacial score (nSPS) is 9.92. The molecule has 2 N–H and O–H groups in total. The molecule has 0 aliphatic carbocycles. The van der Waals surface area contributed by atoms with Crippen LogP contribution in [-0.2, 0) is 0 Å². The molecule has 0 fully saturated rings. The standard InChI is InChI=1S/C19H13FN4O/c20-15-2-1-3-17(9-15)24-19(25)14-8-18(12-22-11-14)23-16-6-4-13(10-21)5-7-16/h1-9,11-12,23H,(H,24,25). The SMILES string of the molecule is N#Cc1ccc(Nc2cncc(C(=O)Nc3cccc(F)c3)c2)cc1. The maximum atomic E-state index is 13.2. The van der Waals surface area contributed by atoms with E-state index in [1.54, 1.807) is 42.6 Å². The minimum absolute atomic E-state index is 0.336. The third kappa shape index (κ3) is 4.18. The quantitative estimate of drug-likeness (QED) is 0.754. The monoisotopic (exact) mass is 332 g/mol. The molecule has 0 saturated heterocycles. The fourth-order valence-corrected chi connectivity index (χ4v) is 2.20. The highest BCUT2D eigenvalue weighted by Gasteiger charge is 2.08. The van der Waals surface area contributed by atoms with Gasteiger partial charge in [-0.2, -0.15) is 5.26 Å². The van der Waals surface area contributed by atoms with Crippen LogP contribution in [0.25, 0.3) is 0 Å². The number of carbonyl (C=O) groups is 1. The van der Waals surface area contributed by atoms with E-state index in [4.69, 9.17) is 5.26 Å². The van der Waals surface area contributed by atoms with E-state index in [0.29, 0.717) is 22.5 Å². The van der Waals surface area contributed by atoms with Crippen molar-refractivity contribution >= 4 is 23.0 Å². The van der Waals surface area contributed by atoms with Crippen LogP contribution in [-0.4, -0.2) is 10.9 Å². The second kappa shape index (κ2) is 7.23. The van der Waals surface area contributed by atoms with E-state index in [1.807, 2.05) is 6.07 Å². The number of rotatable bonds is 4. The Balaban J connectivity index is 1.74. The Morgan fingerprint density at radius 3 is 2.52 bits per heavy atom. The van der Waals surface area contributed by atoms with Gasteiger partial charge in [0.2, 0.25) is 0 Å². The number of nitrogens with zero attached hydrogens (tertiary/aromatic N) is 2. The first kappa shape index (κ1) is 16.1. The Morgan fingerprint density at radius 2 is 1.80 bits per heavy atom. The molecule has 1 heterocycles. The van der Waals surface area contributed by atoms with E-state index < -0.39 is 5.82 Å². The summed E-state index contributed by atoms with van der Waals surface area (Å²) in [5.74, 6) is -0.811. The van der Waals surface area contributed by atoms with Gasteiger partial charge >= 0.3 is 0 Å². The molecule has 5 nitrogen and oxygen atoms in total. The Hall–Kier alpha value is -3.72. The topological polar surface area (TPSA) is 77.8 Å². The van der Waals surface area contributed by atoms with Crippen molar-refractivity contribution in [1.29, 1.82) is 5.26 Å². The van der Waals surface area contributed by atoms with Gasteiger partial charge in [0, 0.05) is 17.6 Å². The number of amides is 1. The van der Waals surface area contributed by atoms with Crippen LogP contribution in [0.2, 0.25) is 0 Å². The molecule has 1 amide bonds. The fourth-order valence-electron chi connectivity index (χ4n) is 2.20. The van der Waals surface area contributed by atoms with Crippen LogP contribution in [0.3, 0.4) is 0 Å². The highest BCUT2D eigenvalue weighted by molar-refractivity contribution is 6.04. The number of anilines is 3. The number of hydrogen-bond donors (Lipinski definition) is 2. The van der Waals surface area contributed by atoms with Crippen molar-refractivity contribution in [3.63, 3.8) is 0 Å². The maximum Gasteiger partial charge on any atom is 0.257 e. The van der Waals surface area contributed by atoms with Crippen molar-refractivity contribution in [2.24, 2.45) is 0 Å². The predicted octanol–water partition coefficient (Wildman–Crippen LogP) is 4.09. The molecule has 0 radical (unpaired) electrons. The molecular weight excluding hydrogens is 319 g/mol. The molecule has 0 spiro atoms. The zero-order valence-corrected chi connectivity index (χ0v) is 13.0. The molecule has 1 aromatic heterocycles. The minimum Gasteiger partial charge on any atom is -0.354 e. The van der Waals surface area contributed by atoms with Gasteiger partial charge in [0.15, 0.2) is 0 Å². The molecule has 3 aromatic rings. The average Bonchev–Trinajstić information content (AvgIpc) is 2.62. The van der Waals surface area contributed by atoms with Gasteiger partial charge in [0.1, 0.15) is 5.82 Å². The number of pyridine rings is 1. The number of halogens is 1. The second-order valence-electron chi connectivity index (χ2n) is 5.24. The van der Waals surface area contributed by atoms with Crippen LogP contribution in [0.15, 0.2) is 67.0 Å². The van der Waals surface area contributed by atoms with E-state index >= 15 is 0 Å². The van der Waals surface area contributed by atoms with E-state index in [2.05, 4.69) is 15.6 Å². The van der Waals surface area contributed by atoms with Crippen LogP contribution >= 0.6 is 0 Å². The minimum atomic E-state index is -0.424. The molecule has 3 rings (SSSR count). The molecule has 0 aliphatic rings. The summed E-state index contributed by atoms with van der Waals surface area (Å²) < 4.78 is 13.2. The maximum absolute atomic E-state index is 13.2. The third-order valence-electron chi connectivity index (χ3n) is 3.39. The Kier molecular flexibility index (Phi) is 4.67. The first-order valence-electron chi connectivity index (χ1n) is 7.43. The Bertz CT molecular complexity index is 948. The summed E-state index contributed by atoms with van der Waals surface area (Å²) >= 11 is 0. The van der Waals surface area contributed by atoms with Gasteiger partial charge in [-0.3, -0.25) is 9.78 Å². The largest absolute Gasteiger partial charge is 0.354 e. The lowest BCUT2D eigenvalue weighted by molar-refractivity contribution is 0.102. The third-order valence-corrected chi connectivity index (χ3v) is 3.39. The second-order valence-corrected chi connectivity index (χ2v) is 5.24. The first-order valence-corrected chi connectivity index (χ1v) is 7.43. The van der Waals surface area contributed by atoms with Gasteiger partial charge in [-0.25, -0.2) is 4.39 Å². The predicted molar refractivity (Wildman–Crippen MR) is 93.0 cm³/mol. The highest BCUT2D eigenvalue weighted by atomic mass is 19.1. The Labute approximate surface area is 143 Å². The van der Waals surface area contributed by atoms with Gasteiger partial charge in [-0.05, 0) is 48.5 Å². The molecule has 0 atom stereocenters. The number of nitriles is 1. The van der Waals surface area contributed by atoms with Gasteiger partial charge < -0.3 is 10.6 Å². The average molecular weight is 332 g/mol. The molecule has 2 aromatic carbocycles. The molecule has 0 bridgehead atoms. The van der Waals surface area contributed by atoms with Crippen molar-refractivity contribution in [1.82, 2.24) is 4.98 Å². The summed E-state index contributed by atoms with van der Waals surface area (Å²) in [6.45, 7) is 0. The molecule has 0 unspecified atom stereocenters. The molecule has 25 heavy (non-hydrogen) atoms. The van der Waals surface area contributed by atoms with E-state index in [0.717, 1.165) is 5.69 Å². The molecule has 0 saturated carbocycles. The van der Waals surface area contributed by atoms with Crippen LogP contribution in [0.4, 0.5) is 21.5 Å². The molecule has 6 heteroatoms. The van der Waals surface area contributed by atoms with Crippen LogP contribution in [0.1, 0.15) is 15.9 Å². The van der Waals surface area contributed by atoms with Crippen molar-refractivity contribution in [3.05, 3.63) is 83.9 Å². The smallest absolute Gasteiger partial charge is 0.257 e. The zero-order chi connectivity index (χ0) is 17.6. The van der Waals surface area contributed by atoms with Gasteiger partial charge in [-0.1, -0.05) is 6.07 Å². The summed E-state index contributed by atoms with van der Waals surface area (Å²) in [5, 5.41) is 14.5. The summed E-state index contributed by atoms with van der Waals surface area (Å²) in [6.07, 6.45) is 3.01. The lowest BCUT2D eigenvalue weighted by Gasteiger charge is -2.09. The summed E-state index contributed by atoms with van der Waals surface area (Å²) in [4.78, 5) is 16.3. The van der Waals surface area contributed by atoms with Gasteiger partial charge in [0.25, 0.3) is 5.91 Å². The van der Waals surface area contributed by atoms with Crippen molar-refractivity contribution in [2.75, 3.05) is 10.6 Å². The van der Waals surface area contributed by atoms with Crippen molar-refractivity contribution in [3.8, 4) is 6.07 Å². The Morgan fingerprint density at radius 1 is 1.00 bits per heavy atom. The van der Waals surface area contributed by atoms with Gasteiger partial charge in [0.05, 0.1) is 29.1 Å². The lowest BCUT2D eigenvalue weighted by Crippen LogP contribution is -2.12. The number of nitrogens with one attached hydrogen (secondary N) is 2. The first-order chi connectivity index (χ1) is 12.1. The summed E-state index contributed by atoms with van der Waals surface area (Å²) in [6, 6.07) is 16.3. The summed E-state index contributed by atoms with van der Waals surface area (Å²) in [5.41, 5.74) is 2.66. The van der Waals surface area contributed by atoms with Crippen LogP contribution < -0.4 is 10.6 Å². The van der Waals surface area contributed by atoms with Crippen LogP contribution in [0.5, 0.6) is 0 Å². The summed E-state index contributed by atoms with van der Waals surface area (Å²) in [7, 11) is 0. The highest BCUT2D eigenvalue weighted by Crippen LogP contribution is 2.18. The molecule has 0 aliphatic heterocycles. The molecular formula is C19H13FN4O. The zero-order valence-electron chi connectivity index (χ0n) is 13.0. The fraction of sp³-hybridized carbons (Fsp3) is 0. The van der Waals surface area contributed by atoms with Crippen molar-refractivity contribution in [2.45, 2.75) is 0 Å². The lowest BCUT2D eigenvalue weighted by atomic mass is 10.2. The van der Waals surface area contributed by atoms with E-state index in [-0.39, 0.29) is 5.91 Å². The number of benzene rings is 2. The number of hydrogen-bond acceptors (Lipinski definition) is 4. The van der Waals surface area contributed by atoms with E-state index in [1.165, 1.54) is 24.4 Å². The van der Waals surface area contributed by atoms with Gasteiger partial charge in [-0.15, -0.1) is 0 Å².